The third-order valence-corrected chi connectivity index (χ3v) is 3.95. The fourth-order valence-electron chi connectivity index (χ4n) is 2.67. The van der Waals surface area contributed by atoms with Gasteiger partial charge in [-0.15, -0.1) is 0 Å². The molecule has 0 fully saturated rings. The first-order valence-electron chi connectivity index (χ1n) is 7.99. The van der Waals surface area contributed by atoms with Crippen molar-refractivity contribution in [2.75, 3.05) is 5.32 Å². The molecule has 0 aliphatic heterocycles. The van der Waals surface area contributed by atoms with Gasteiger partial charge in [-0.05, 0) is 24.1 Å². The lowest BCUT2D eigenvalue weighted by Crippen LogP contribution is -2.37. The number of rotatable bonds is 4. The van der Waals surface area contributed by atoms with E-state index in [1.54, 1.807) is 0 Å². The predicted octanol–water partition coefficient (Wildman–Crippen LogP) is 3.32. The Hall–Kier alpha value is -3.13. The molecule has 3 rings (SSSR count). The van der Waals surface area contributed by atoms with Crippen molar-refractivity contribution in [3.05, 3.63) is 76.1 Å². The minimum absolute atomic E-state index is 0.179. The van der Waals surface area contributed by atoms with Crippen LogP contribution in [0.15, 0.2) is 63.8 Å². The van der Waals surface area contributed by atoms with Crippen LogP contribution in [0.2, 0.25) is 0 Å². The maximum absolute atomic E-state index is 13.1. The Kier molecular flexibility index (Phi) is 5.00. The fourth-order valence-corrected chi connectivity index (χ4v) is 2.67. The van der Waals surface area contributed by atoms with E-state index in [9.17, 15) is 22.8 Å². The summed E-state index contributed by atoms with van der Waals surface area (Å²) < 4.78 is 44.0. The number of nitrogens with one attached hydrogen (secondary N) is 1. The molecule has 0 radical (unpaired) electrons. The lowest BCUT2D eigenvalue weighted by molar-refractivity contribution is -0.136. The monoisotopic (exact) mass is 376 g/mol. The Bertz CT molecular complexity index is 1030. The standard InChI is InChI=1S/C19H15F3N2O3/c20-19(21,22)14-10-17(25)27-16-9-12(6-7-13(14)16)24-18(26)15(23)8-11-4-2-1-3-5-11/h1-7,9-10,15H,8,23H2,(H,24,26). The van der Waals surface area contributed by atoms with Crippen LogP contribution in [0.4, 0.5) is 18.9 Å². The topological polar surface area (TPSA) is 85.3 Å². The second-order valence-electron chi connectivity index (χ2n) is 5.97. The van der Waals surface area contributed by atoms with Crippen LogP contribution in [0, 0.1) is 0 Å². The number of alkyl halides is 3. The van der Waals surface area contributed by atoms with Gasteiger partial charge in [0.2, 0.25) is 5.91 Å². The molecule has 8 heteroatoms. The van der Waals surface area contributed by atoms with Crippen LogP contribution in [0.1, 0.15) is 11.1 Å². The van der Waals surface area contributed by atoms with E-state index in [-0.39, 0.29) is 16.7 Å². The van der Waals surface area contributed by atoms with Crippen LogP contribution in [0.3, 0.4) is 0 Å². The maximum atomic E-state index is 13.1. The van der Waals surface area contributed by atoms with Crippen LogP contribution < -0.4 is 16.7 Å². The summed E-state index contributed by atoms with van der Waals surface area (Å²) in [6, 6.07) is 12.3. The van der Waals surface area contributed by atoms with Crippen LogP contribution in [0.25, 0.3) is 11.0 Å². The summed E-state index contributed by atoms with van der Waals surface area (Å²) >= 11 is 0. The summed E-state index contributed by atoms with van der Waals surface area (Å²) in [4.78, 5) is 23.7. The number of benzene rings is 2. The quantitative estimate of drug-likeness (QED) is 0.684. The Morgan fingerprint density at radius 3 is 2.48 bits per heavy atom. The lowest BCUT2D eigenvalue weighted by atomic mass is 10.1. The Morgan fingerprint density at radius 2 is 1.81 bits per heavy atom. The van der Waals surface area contributed by atoms with Crippen molar-refractivity contribution in [1.29, 1.82) is 0 Å². The smallest absolute Gasteiger partial charge is 0.417 e. The molecule has 0 saturated carbocycles. The molecule has 0 spiro atoms. The van der Waals surface area contributed by atoms with Crippen molar-refractivity contribution in [3.8, 4) is 0 Å². The van der Waals surface area contributed by atoms with Crippen LogP contribution in [-0.4, -0.2) is 11.9 Å². The van der Waals surface area contributed by atoms with Gasteiger partial charge in [0.15, 0.2) is 0 Å². The van der Waals surface area contributed by atoms with Crippen LogP contribution in [0.5, 0.6) is 0 Å². The van der Waals surface area contributed by atoms with Crippen molar-refractivity contribution in [1.82, 2.24) is 0 Å². The van der Waals surface area contributed by atoms with Gasteiger partial charge < -0.3 is 15.5 Å². The molecule has 1 aromatic heterocycles. The molecule has 2 aromatic carbocycles. The molecule has 0 aliphatic rings. The minimum atomic E-state index is -4.70. The maximum Gasteiger partial charge on any atom is 0.417 e. The number of halogens is 3. The fraction of sp³-hybridized carbons (Fsp3) is 0.158. The van der Waals surface area contributed by atoms with Crippen LogP contribution >= 0.6 is 0 Å². The molecular formula is C19H15F3N2O3. The zero-order valence-corrected chi connectivity index (χ0v) is 13.9. The summed E-state index contributed by atoms with van der Waals surface area (Å²) in [5, 5.41) is 2.25. The first kappa shape index (κ1) is 18.7. The molecule has 5 nitrogen and oxygen atoms in total. The molecule has 140 valence electrons. The van der Waals surface area contributed by atoms with E-state index in [4.69, 9.17) is 10.2 Å². The molecule has 0 aliphatic carbocycles. The van der Waals surface area contributed by atoms with Crippen molar-refractivity contribution < 1.29 is 22.4 Å². The van der Waals surface area contributed by atoms with Gasteiger partial charge in [-0.1, -0.05) is 30.3 Å². The molecule has 0 bridgehead atoms. The van der Waals surface area contributed by atoms with E-state index in [0.717, 1.165) is 11.6 Å². The number of nitrogens with two attached hydrogens (primary N) is 1. The number of anilines is 1. The lowest BCUT2D eigenvalue weighted by Gasteiger charge is -2.13. The van der Waals surface area contributed by atoms with Gasteiger partial charge in [0, 0.05) is 23.2 Å². The highest BCUT2D eigenvalue weighted by Gasteiger charge is 2.33. The van der Waals surface area contributed by atoms with Gasteiger partial charge in [0.25, 0.3) is 0 Å². The third-order valence-electron chi connectivity index (χ3n) is 3.95. The average molecular weight is 376 g/mol. The van der Waals surface area contributed by atoms with Gasteiger partial charge in [-0.25, -0.2) is 4.79 Å². The summed E-state index contributed by atoms with van der Waals surface area (Å²) in [6.45, 7) is 0. The number of hydrogen-bond acceptors (Lipinski definition) is 4. The summed E-state index contributed by atoms with van der Waals surface area (Å²) in [6.07, 6.45) is -4.40. The average Bonchev–Trinajstić information content (AvgIpc) is 2.60. The van der Waals surface area contributed by atoms with E-state index in [1.807, 2.05) is 30.3 Å². The number of hydrogen-bond donors (Lipinski definition) is 2. The number of fused-ring (bicyclic) bond motifs is 1. The highest BCUT2D eigenvalue weighted by atomic mass is 19.4. The van der Waals surface area contributed by atoms with Gasteiger partial charge in [-0.2, -0.15) is 13.2 Å². The number of carbonyl (C=O) groups excluding carboxylic acids is 1. The second kappa shape index (κ2) is 7.24. The predicted molar refractivity (Wildman–Crippen MR) is 94.2 cm³/mol. The zero-order valence-electron chi connectivity index (χ0n) is 13.9. The number of amides is 1. The van der Waals surface area contributed by atoms with E-state index in [0.29, 0.717) is 12.5 Å². The molecule has 1 unspecified atom stereocenters. The van der Waals surface area contributed by atoms with Crippen molar-refractivity contribution in [2.24, 2.45) is 5.73 Å². The SMILES string of the molecule is NC(Cc1ccccc1)C(=O)Nc1ccc2c(C(F)(F)F)cc(=O)oc2c1. The molecule has 1 atom stereocenters. The summed E-state index contributed by atoms with van der Waals surface area (Å²) in [5.41, 5.74) is 4.44. The normalized spacial score (nSPS) is 12.7. The van der Waals surface area contributed by atoms with E-state index in [1.165, 1.54) is 12.1 Å². The van der Waals surface area contributed by atoms with E-state index < -0.39 is 29.3 Å². The molecule has 3 aromatic rings. The van der Waals surface area contributed by atoms with Crippen molar-refractivity contribution in [3.63, 3.8) is 0 Å². The van der Waals surface area contributed by atoms with Gasteiger partial charge in [-0.3, -0.25) is 4.79 Å². The third kappa shape index (κ3) is 4.35. The van der Waals surface area contributed by atoms with Gasteiger partial charge in [0.05, 0.1) is 11.6 Å². The Morgan fingerprint density at radius 1 is 1.11 bits per heavy atom. The van der Waals surface area contributed by atoms with Gasteiger partial charge >= 0.3 is 11.8 Å². The first-order chi connectivity index (χ1) is 12.7. The minimum Gasteiger partial charge on any atom is -0.423 e. The Labute approximate surface area is 151 Å². The van der Waals surface area contributed by atoms with E-state index in [2.05, 4.69) is 5.32 Å². The highest BCUT2D eigenvalue weighted by Crippen LogP contribution is 2.34. The van der Waals surface area contributed by atoms with Crippen molar-refractivity contribution >= 4 is 22.6 Å². The molecule has 1 heterocycles. The largest absolute Gasteiger partial charge is 0.423 e. The van der Waals surface area contributed by atoms with Crippen molar-refractivity contribution in [2.45, 2.75) is 18.6 Å². The first-order valence-corrected chi connectivity index (χ1v) is 7.99. The molecule has 3 N–H and O–H groups in total. The molecule has 27 heavy (non-hydrogen) atoms. The van der Waals surface area contributed by atoms with Crippen LogP contribution in [-0.2, 0) is 17.4 Å². The van der Waals surface area contributed by atoms with E-state index >= 15 is 0 Å². The summed E-state index contributed by atoms with van der Waals surface area (Å²) in [5.74, 6) is -0.507. The molecule has 0 saturated heterocycles. The Balaban J connectivity index is 1.83. The summed E-state index contributed by atoms with van der Waals surface area (Å²) in [7, 11) is 0. The highest BCUT2D eigenvalue weighted by molar-refractivity contribution is 5.96. The molecule has 1 amide bonds. The second-order valence-corrected chi connectivity index (χ2v) is 5.97. The molecular weight excluding hydrogens is 361 g/mol. The zero-order chi connectivity index (χ0) is 19.6. The van der Waals surface area contributed by atoms with Gasteiger partial charge in [0.1, 0.15) is 5.58 Å². The number of carbonyl (C=O) groups is 1.